The zero-order valence-corrected chi connectivity index (χ0v) is 19.9. The van der Waals surface area contributed by atoms with Crippen molar-refractivity contribution in [3.8, 4) is 0 Å². The van der Waals surface area contributed by atoms with Crippen LogP contribution in [0.2, 0.25) is 0 Å². The van der Waals surface area contributed by atoms with E-state index in [1.54, 1.807) is 0 Å². The maximum Gasteiger partial charge on any atom is 0.298 e. The van der Waals surface area contributed by atoms with Gasteiger partial charge in [0, 0.05) is 11.6 Å². The number of carbonyl (C=O) groups excluding carboxylic acids is 2. The SMILES string of the molecule is CCCCCCCCCCCCCCCCCCC1=C(S(=O)(=O)O)C(=O)C=C(O)C1=O. The zero-order valence-electron chi connectivity index (χ0n) is 19.0. The van der Waals surface area contributed by atoms with Gasteiger partial charge in [0.1, 0.15) is 4.91 Å². The van der Waals surface area contributed by atoms with Gasteiger partial charge in [0.15, 0.2) is 5.76 Å². The summed E-state index contributed by atoms with van der Waals surface area (Å²) < 4.78 is 32.1. The summed E-state index contributed by atoms with van der Waals surface area (Å²) in [7, 11) is -4.80. The van der Waals surface area contributed by atoms with Gasteiger partial charge < -0.3 is 5.11 Å². The van der Waals surface area contributed by atoms with Gasteiger partial charge >= 0.3 is 0 Å². The highest BCUT2D eigenvalue weighted by Crippen LogP contribution is 2.26. The molecule has 0 radical (unpaired) electrons. The number of hydrogen-bond acceptors (Lipinski definition) is 5. The lowest BCUT2D eigenvalue weighted by atomic mass is 9.96. The predicted octanol–water partition coefficient (Wildman–Crippen LogP) is 6.37. The van der Waals surface area contributed by atoms with Crippen LogP contribution < -0.4 is 0 Å². The summed E-state index contributed by atoms with van der Waals surface area (Å²) in [6.45, 7) is 2.24. The van der Waals surface area contributed by atoms with Crippen LogP contribution in [-0.4, -0.2) is 29.6 Å². The van der Waals surface area contributed by atoms with E-state index >= 15 is 0 Å². The van der Waals surface area contributed by atoms with E-state index in [1.165, 1.54) is 70.6 Å². The molecule has 0 fully saturated rings. The van der Waals surface area contributed by atoms with Crippen molar-refractivity contribution in [2.24, 2.45) is 0 Å². The first-order valence-corrected chi connectivity index (χ1v) is 13.4. The Balaban J connectivity index is 2.11. The maximum atomic E-state index is 12.0. The number of unbranched alkanes of at least 4 members (excludes halogenated alkanes) is 15. The van der Waals surface area contributed by atoms with Crippen molar-refractivity contribution in [1.29, 1.82) is 0 Å². The molecular weight excluding hydrogens is 416 g/mol. The summed E-state index contributed by atoms with van der Waals surface area (Å²) in [6.07, 6.45) is 19.8. The second-order valence-electron chi connectivity index (χ2n) is 8.56. The van der Waals surface area contributed by atoms with Crippen LogP contribution in [0.4, 0.5) is 0 Å². The van der Waals surface area contributed by atoms with E-state index in [9.17, 15) is 27.7 Å². The van der Waals surface area contributed by atoms with Crippen LogP contribution in [-0.2, 0) is 19.7 Å². The number of ketones is 2. The monoisotopic (exact) mass is 456 g/mol. The highest BCUT2D eigenvalue weighted by Gasteiger charge is 2.34. The van der Waals surface area contributed by atoms with Crippen LogP contribution in [0.1, 0.15) is 116 Å². The van der Waals surface area contributed by atoms with Gasteiger partial charge in [-0.3, -0.25) is 14.1 Å². The first kappa shape index (κ1) is 27.6. The first-order valence-electron chi connectivity index (χ1n) is 12.0. The van der Waals surface area contributed by atoms with Crippen LogP contribution in [0.3, 0.4) is 0 Å². The topological polar surface area (TPSA) is 109 Å². The molecule has 31 heavy (non-hydrogen) atoms. The predicted molar refractivity (Wildman–Crippen MR) is 123 cm³/mol. The largest absolute Gasteiger partial charge is 0.504 e. The number of carbonyl (C=O) groups is 2. The first-order chi connectivity index (χ1) is 14.8. The summed E-state index contributed by atoms with van der Waals surface area (Å²) in [5.74, 6) is -2.72. The van der Waals surface area contributed by atoms with Gasteiger partial charge in [-0.05, 0) is 12.8 Å². The van der Waals surface area contributed by atoms with Crippen LogP contribution in [0.5, 0.6) is 0 Å². The second-order valence-corrected chi connectivity index (χ2v) is 9.92. The molecule has 1 aliphatic carbocycles. The van der Waals surface area contributed by atoms with E-state index in [0.29, 0.717) is 12.5 Å². The van der Waals surface area contributed by atoms with Crippen LogP contribution >= 0.6 is 0 Å². The number of allylic oxidation sites excluding steroid dienone is 3. The Morgan fingerprint density at radius 3 is 1.48 bits per heavy atom. The highest BCUT2D eigenvalue weighted by atomic mass is 32.2. The lowest BCUT2D eigenvalue weighted by Crippen LogP contribution is -2.24. The molecule has 0 saturated carbocycles. The molecule has 0 unspecified atom stereocenters. The maximum absolute atomic E-state index is 12.0. The summed E-state index contributed by atoms with van der Waals surface area (Å²) in [5, 5.41) is 9.52. The number of aliphatic hydroxyl groups is 1. The quantitative estimate of drug-likeness (QED) is 0.141. The van der Waals surface area contributed by atoms with Gasteiger partial charge in [0.25, 0.3) is 10.1 Å². The third-order valence-corrected chi connectivity index (χ3v) is 6.77. The average molecular weight is 457 g/mol. The minimum absolute atomic E-state index is 0.0516. The van der Waals surface area contributed by atoms with E-state index in [4.69, 9.17) is 0 Å². The smallest absolute Gasteiger partial charge is 0.298 e. The lowest BCUT2D eigenvalue weighted by Gasteiger charge is -2.14. The van der Waals surface area contributed by atoms with Gasteiger partial charge in [-0.1, -0.05) is 103 Å². The molecule has 178 valence electrons. The van der Waals surface area contributed by atoms with Crippen molar-refractivity contribution in [3.63, 3.8) is 0 Å². The molecule has 0 aromatic carbocycles. The molecule has 0 spiro atoms. The molecule has 0 aromatic rings. The van der Waals surface area contributed by atoms with E-state index in [2.05, 4.69) is 6.92 Å². The Bertz CT molecular complexity index is 733. The van der Waals surface area contributed by atoms with Crippen molar-refractivity contribution in [2.45, 2.75) is 116 Å². The Kier molecular flexibility index (Phi) is 13.7. The molecule has 0 aliphatic heterocycles. The van der Waals surface area contributed by atoms with Gasteiger partial charge in [-0.15, -0.1) is 0 Å². The Morgan fingerprint density at radius 1 is 0.710 bits per heavy atom. The Hall–Kier alpha value is -1.47. The molecule has 2 N–H and O–H groups in total. The zero-order chi connectivity index (χ0) is 23.1. The standard InChI is InChI=1S/C24H40O6S/c1-2-3-4-5-6-7-8-9-10-11-12-13-14-15-16-17-18-20-23(27)21(25)19-22(26)24(20)31(28,29)30/h19,25H,2-18H2,1H3,(H,28,29,30). The fraction of sp³-hybridized carbons (Fsp3) is 0.750. The van der Waals surface area contributed by atoms with Gasteiger partial charge in [-0.2, -0.15) is 8.42 Å². The normalized spacial score (nSPS) is 15.0. The number of hydrogen-bond donors (Lipinski definition) is 2. The Labute approximate surface area is 187 Å². The Morgan fingerprint density at radius 2 is 1.10 bits per heavy atom. The van der Waals surface area contributed by atoms with Crippen molar-refractivity contribution >= 4 is 21.7 Å². The summed E-state index contributed by atoms with van der Waals surface area (Å²) in [4.78, 5) is 22.9. The minimum Gasteiger partial charge on any atom is -0.504 e. The minimum atomic E-state index is -4.80. The molecule has 1 rings (SSSR count). The van der Waals surface area contributed by atoms with E-state index in [0.717, 1.165) is 25.7 Å². The lowest BCUT2D eigenvalue weighted by molar-refractivity contribution is -0.117. The van der Waals surface area contributed by atoms with Crippen molar-refractivity contribution in [2.75, 3.05) is 0 Å². The second kappa shape index (κ2) is 15.4. The van der Waals surface area contributed by atoms with E-state index < -0.39 is 32.3 Å². The average Bonchev–Trinajstić information content (AvgIpc) is 2.70. The van der Waals surface area contributed by atoms with E-state index in [-0.39, 0.29) is 12.0 Å². The molecule has 7 heteroatoms. The van der Waals surface area contributed by atoms with Crippen LogP contribution in [0.25, 0.3) is 0 Å². The van der Waals surface area contributed by atoms with Crippen LogP contribution in [0.15, 0.2) is 22.3 Å². The molecule has 0 bridgehead atoms. The number of rotatable bonds is 18. The molecule has 0 amide bonds. The molecule has 0 atom stereocenters. The molecule has 0 saturated heterocycles. The van der Waals surface area contributed by atoms with E-state index in [1.807, 2.05) is 0 Å². The molecule has 6 nitrogen and oxygen atoms in total. The molecular formula is C24H40O6S. The number of aliphatic hydroxyl groups excluding tert-OH is 1. The summed E-state index contributed by atoms with van der Waals surface area (Å²) in [6, 6.07) is 0. The third kappa shape index (κ3) is 11.1. The van der Waals surface area contributed by atoms with Crippen molar-refractivity contribution in [1.82, 2.24) is 0 Å². The molecule has 0 aromatic heterocycles. The van der Waals surface area contributed by atoms with Crippen molar-refractivity contribution < 1.29 is 27.7 Å². The number of Topliss-reactive ketones (excluding diaryl/α,β-unsaturated/α-hetero) is 1. The molecule has 0 heterocycles. The van der Waals surface area contributed by atoms with Crippen molar-refractivity contribution in [3.05, 3.63) is 22.3 Å². The summed E-state index contributed by atoms with van der Waals surface area (Å²) in [5.41, 5.74) is -0.308. The highest BCUT2D eigenvalue weighted by molar-refractivity contribution is 7.91. The van der Waals surface area contributed by atoms with Gasteiger partial charge in [-0.25, -0.2) is 0 Å². The van der Waals surface area contributed by atoms with Crippen LogP contribution in [0, 0.1) is 0 Å². The van der Waals surface area contributed by atoms with Gasteiger partial charge in [0.2, 0.25) is 11.6 Å². The van der Waals surface area contributed by atoms with Gasteiger partial charge in [0.05, 0.1) is 0 Å². The summed E-state index contributed by atoms with van der Waals surface area (Å²) >= 11 is 0. The fourth-order valence-corrected chi connectivity index (χ4v) is 4.84. The third-order valence-electron chi connectivity index (χ3n) is 5.81. The molecule has 1 aliphatic rings. The fourth-order valence-electron chi connectivity index (χ4n) is 4.02.